The molecule has 1 aromatic rings. The van der Waals surface area contributed by atoms with Gasteiger partial charge in [0.2, 0.25) is 0 Å². The molecule has 0 saturated heterocycles. The lowest BCUT2D eigenvalue weighted by Crippen LogP contribution is -2.22. The van der Waals surface area contributed by atoms with E-state index in [1.807, 2.05) is 0 Å². The minimum absolute atomic E-state index is 0.256. The van der Waals surface area contributed by atoms with Gasteiger partial charge in [-0.1, -0.05) is 0 Å². The van der Waals surface area contributed by atoms with Crippen molar-refractivity contribution in [1.82, 2.24) is 0 Å². The summed E-state index contributed by atoms with van der Waals surface area (Å²) >= 11 is 0. The topological polar surface area (TPSA) is 89.4 Å². The van der Waals surface area contributed by atoms with Gasteiger partial charge >= 0.3 is 6.18 Å². The minimum atomic E-state index is -4.89. The highest BCUT2D eigenvalue weighted by Crippen LogP contribution is 2.48. The summed E-state index contributed by atoms with van der Waals surface area (Å²) in [6.45, 7) is 0.472. The molecule has 1 fully saturated rings. The Bertz CT molecular complexity index is 567. The first-order valence-corrected chi connectivity index (χ1v) is 7.03. The Balaban J connectivity index is 2.50. The predicted octanol–water partition coefficient (Wildman–Crippen LogP) is 3.55. The zero-order valence-corrected chi connectivity index (χ0v) is 11.8. The molecule has 0 heterocycles. The second-order valence-corrected chi connectivity index (χ2v) is 5.60. The van der Waals surface area contributed by atoms with E-state index in [0.717, 1.165) is 6.07 Å². The average Bonchev–Trinajstić information content (AvgIpc) is 2.45. The summed E-state index contributed by atoms with van der Waals surface area (Å²) in [6.07, 6.45) is -2.72. The van der Waals surface area contributed by atoms with Crippen LogP contribution in [0.3, 0.4) is 0 Å². The number of nitrogens with two attached hydrogens (primary N) is 1. The number of aromatic hydroxyl groups is 1. The second-order valence-electron chi connectivity index (χ2n) is 5.60. The van der Waals surface area contributed by atoms with Gasteiger partial charge < -0.3 is 10.8 Å². The molecule has 2 rings (SSSR count). The smallest absolute Gasteiger partial charge is 0.423 e. The van der Waals surface area contributed by atoms with Crippen molar-refractivity contribution >= 4 is 5.69 Å². The van der Waals surface area contributed by atoms with Crippen molar-refractivity contribution in [2.45, 2.75) is 37.8 Å². The van der Waals surface area contributed by atoms with Crippen LogP contribution in [0.15, 0.2) is 12.1 Å². The Morgan fingerprint density at radius 3 is 2.32 bits per heavy atom. The molecule has 8 heteroatoms. The summed E-state index contributed by atoms with van der Waals surface area (Å²) in [6, 6.07) is 1.67. The molecule has 3 N–H and O–H groups in total. The number of benzene rings is 1. The summed E-state index contributed by atoms with van der Waals surface area (Å²) in [4.78, 5) is 9.86. The molecule has 0 radical (unpaired) electrons. The van der Waals surface area contributed by atoms with Gasteiger partial charge in [0.25, 0.3) is 5.69 Å². The lowest BCUT2D eigenvalue weighted by molar-refractivity contribution is -0.388. The molecule has 0 unspecified atom stereocenters. The summed E-state index contributed by atoms with van der Waals surface area (Å²) < 4.78 is 39.9. The number of phenolic OH excluding ortho intramolecular Hbond substituents is 1. The normalized spacial score (nSPS) is 22.5. The predicted molar refractivity (Wildman–Crippen MR) is 73.5 cm³/mol. The van der Waals surface area contributed by atoms with E-state index in [1.54, 1.807) is 0 Å². The van der Waals surface area contributed by atoms with Gasteiger partial charge in [0.15, 0.2) is 0 Å². The molecule has 1 aliphatic carbocycles. The lowest BCUT2D eigenvalue weighted by Gasteiger charge is -2.29. The van der Waals surface area contributed by atoms with Crippen LogP contribution < -0.4 is 5.73 Å². The molecule has 5 nitrogen and oxygen atoms in total. The maximum absolute atomic E-state index is 13.3. The van der Waals surface area contributed by atoms with E-state index in [-0.39, 0.29) is 11.5 Å². The third-order valence-electron chi connectivity index (χ3n) is 4.27. The molecule has 0 aliphatic heterocycles. The van der Waals surface area contributed by atoms with Crippen LogP contribution in [0.5, 0.6) is 5.75 Å². The first kappa shape index (κ1) is 16.5. The third kappa shape index (κ3) is 3.16. The highest BCUT2D eigenvalue weighted by atomic mass is 19.4. The van der Waals surface area contributed by atoms with Gasteiger partial charge in [-0.05, 0) is 50.1 Å². The summed E-state index contributed by atoms with van der Waals surface area (Å²) in [5.41, 5.74) is 2.87. The van der Waals surface area contributed by atoms with Crippen LogP contribution in [0.2, 0.25) is 0 Å². The van der Waals surface area contributed by atoms with Gasteiger partial charge in [-0.15, -0.1) is 0 Å². The molecule has 22 heavy (non-hydrogen) atoms. The SMILES string of the molecule is NC[C@H]1CC[C@H](c2c(O)ccc([N+](=O)[O-])c2C(F)(F)F)CC1. The molecule has 1 saturated carbocycles. The number of nitro benzene ring substituents is 1. The van der Waals surface area contributed by atoms with Crippen molar-refractivity contribution in [3.05, 3.63) is 33.4 Å². The first-order valence-electron chi connectivity index (χ1n) is 7.03. The number of nitrogens with zero attached hydrogens (tertiary/aromatic N) is 1. The van der Waals surface area contributed by atoms with Gasteiger partial charge in [-0.2, -0.15) is 13.2 Å². The van der Waals surface area contributed by atoms with Crippen LogP contribution in [-0.4, -0.2) is 16.6 Å². The summed E-state index contributed by atoms with van der Waals surface area (Å²) in [5, 5.41) is 20.8. The minimum Gasteiger partial charge on any atom is -0.508 e. The zero-order valence-electron chi connectivity index (χ0n) is 11.8. The van der Waals surface area contributed by atoms with E-state index in [1.165, 1.54) is 0 Å². The largest absolute Gasteiger partial charge is 0.508 e. The fraction of sp³-hybridized carbons (Fsp3) is 0.571. The lowest BCUT2D eigenvalue weighted by atomic mass is 9.77. The zero-order chi connectivity index (χ0) is 16.5. The van der Waals surface area contributed by atoms with E-state index in [0.29, 0.717) is 38.3 Å². The molecule has 0 atom stereocenters. The van der Waals surface area contributed by atoms with Crippen LogP contribution >= 0.6 is 0 Å². The van der Waals surface area contributed by atoms with Gasteiger partial charge in [0, 0.05) is 11.6 Å². The number of hydrogen-bond acceptors (Lipinski definition) is 4. The number of halogens is 3. The van der Waals surface area contributed by atoms with Gasteiger partial charge in [-0.3, -0.25) is 10.1 Å². The molecule has 0 amide bonds. The van der Waals surface area contributed by atoms with Crippen LogP contribution in [0.1, 0.15) is 42.7 Å². The van der Waals surface area contributed by atoms with Gasteiger partial charge in [-0.25, -0.2) is 0 Å². The van der Waals surface area contributed by atoms with Gasteiger partial charge in [0.05, 0.1) is 4.92 Å². The number of hydrogen-bond donors (Lipinski definition) is 2. The molecule has 0 spiro atoms. The van der Waals surface area contributed by atoms with Crippen LogP contribution in [0, 0.1) is 16.0 Å². The number of alkyl halides is 3. The second kappa shape index (κ2) is 6.12. The fourth-order valence-electron chi connectivity index (χ4n) is 3.15. The molecule has 0 bridgehead atoms. The van der Waals surface area contributed by atoms with E-state index in [9.17, 15) is 28.4 Å². The van der Waals surface area contributed by atoms with Crippen LogP contribution in [-0.2, 0) is 6.18 Å². The molecule has 1 aromatic carbocycles. The fourth-order valence-corrected chi connectivity index (χ4v) is 3.15. The number of phenols is 1. The highest BCUT2D eigenvalue weighted by Gasteiger charge is 2.44. The van der Waals surface area contributed by atoms with E-state index in [4.69, 9.17) is 5.73 Å². The van der Waals surface area contributed by atoms with E-state index >= 15 is 0 Å². The quantitative estimate of drug-likeness (QED) is 0.659. The highest BCUT2D eigenvalue weighted by molar-refractivity contribution is 5.55. The monoisotopic (exact) mass is 318 g/mol. The molecular formula is C14H17F3N2O3. The van der Waals surface area contributed by atoms with Gasteiger partial charge in [0.1, 0.15) is 11.3 Å². The molecule has 122 valence electrons. The van der Waals surface area contributed by atoms with E-state index < -0.39 is 34.0 Å². The maximum Gasteiger partial charge on any atom is 0.423 e. The summed E-state index contributed by atoms with van der Waals surface area (Å²) in [5.74, 6) is -0.820. The number of rotatable bonds is 3. The Labute approximate surface area is 125 Å². The van der Waals surface area contributed by atoms with Crippen molar-refractivity contribution in [3.8, 4) is 5.75 Å². The first-order chi connectivity index (χ1) is 10.3. The van der Waals surface area contributed by atoms with Crippen molar-refractivity contribution in [1.29, 1.82) is 0 Å². The molecule has 1 aliphatic rings. The van der Waals surface area contributed by atoms with Crippen LogP contribution in [0.25, 0.3) is 0 Å². The van der Waals surface area contributed by atoms with Crippen molar-refractivity contribution in [2.24, 2.45) is 11.7 Å². The van der Waals surface area contributed by atoms with E-state index in [2.05, 4.69) is 0 Å². The molecule has 0 aromatic heterocycles. The maximum atomic E-state index is 13.3. The van der Waals surface area contributed by atoms with Crippen molar-refractivity contribution in [2.75, 3.05) is 6.54 Å². The standard InChI is InChI=1S/C14H17F3N2O3/c15-14(16,17)13-10(19(21)22)5-6-11(20)12(13)9-3-1-8(7-18)2-4-9/h5-6,8-9,20H,1-4,7,18H2/t8-,9-. The molecular weight excluding hydrogens is 301 g/mol. The summed E-state index contributed by atoms with van der Waals surface area (Å²) in [7, 11) is 0. The average molecular weight is 318 g/mol. The van der Waals surface area contributed by atoms with Crippen molar-refractivity contribution < 1.29 is 23.2 Å². The van der Waals surface area contributed by atoms with Crippen molar-refractivity contribution in [3.63, 3.8) is 0 Å². The third-order valence-corrected chi connectivity index (χ3v) is 4.27. The Morgan fingerprint density at radius 2 is 1.86 bits per heavy atom. The Hall–Kier alpha value is -1.83. The number of nitro groups is 1. The van der Waals surface area contributed by atoms with Crippen LogP contribution in [0.4, 0.5) is 18.9 Å². The Morgan fingerprint density at radius 1 is 1.27 bits per heavy atom. The Kier molecular flexibility index (Phi) is 4.60.